The Hall–Kier alpha value is -4.01. The molecule has 1 atom stereocenters. The van der Waals surface area contributed by atoms with E-state index >= 15 is 0 Å². The smallest absolute Gasteiger partial charge is 0.264 e. The lowest BCUT2D eigenvalue weighted by Crippen LogP contribution is -2.53. The fourth-order valence-electron chi connectivity index (χ4n) is 5.45. The van der Waals surface area contributed by atoms with E-state index in [1.165, 1.54) is 0 Å². The second-order valence-corrected chi connectivity index (χ2v) is 9.54. The van der Waals surface area contributed by atoms with E-state index in [4.69, 9.17) is 15.8 Å². The summed E-state index contributed by atoms with van der Waals surface area (Å²) in [5, 5.41) is 3.83. The van der Waals surface area contributed by atoms with Gasteiger partial charge in [0.1, 0.15) is 11.9 Å². The number of nitrogens with two attached hydrogens (primary N) is 1. The van der Waals surface area contributed by atoms with Crippen molar-refractivity contribution in [2.45, 2.75) is 25.7 Å². The first-order chi connectivity index (χ1) is 17.6. The van der Waals surface area contributed by atoms with Crippen molar-refractivity contribution in [1.82, 2.24) is 15.3 Å². The number of hydrogen-bond donors (Lipinski definition) is 2. The number of quaternary nitrogens is 1. The fraction of sp³-hybridized carbons (Fsp3) is 0.250. The maximum atomic E-state index is 12.1. The molecule has 0 saturated heterocycles. The zero-order valence-electron chi connectivity index (χ0n) is 20.1. The van der Waals surface area contributed by atoms with Crippen LogP contribution in [0.5, 0.6) is 0 Å². The van der Waals surface area contributed by atoms with Crippen LogP contribution in [0.4, 0.5) is 0 Å². The summed E-state index contributed by atoms with van der Waals surface area (Å²) in [4.78, 5) is 31.0. The molecule has 3 aromatic rings. The molecule has 36 heavy (non-hydrogen) atoms. The van der Waals surface area contributed by atoms with Gasteiger partial charge in [-0.2, -0.15) is 10.8 Å². The zero-order chi connectivity index (χ0) is 24.7. The molecule has 3 aliphatic rings. The van der Waals surface area contributed by atoms with Gasteiger partial charge in [0.05, 0.1) is 34.9 Å². The molecular formula is C28H28N7O+. The third-order valence-corrected chi connectivity index (χ3v) is 7.43. The van der Waals surface area contributed by atoms with E-state index < -0.39 is 0 Å². The zero-order valence-corrected chi connectivity index (χ0v) is 20.1. The summed E-state index contributed by atoms with van der Waals surface area (Å²) in [5.41, 5.74) is 5.31. The molecule has 0 spiro atoms. The minimum atomic E-state index is -0.0142. The van der Waals surface area contributed by atoms with E-state index in [9.17, 15) is 4.79 Å². The number of carbonyl (C=O) groups excluding carboxylic acids is 1. The number of amides is 1. The summed E-state index contributed by atoms with van der Waals surface area (Å²) in [5.74, 6) is 8.17. The van der Waals surface area contributed by atoms with E-state index in [-0.39, 0.29) is 22.3 Å². The topological polar surface area (TPSA) is 106 Å². The van der Waals surface area contributed by atoms with Crippen LogP contribution in [0.2, 0.25) is 0 Å². The molecule has 2 aliphatic heterocycles. The summed E-state index contributed by atoms with van der Waals surface area (Å²) < 4.78 is -0.0142. The van der Waals surface area contributed by atoms with E-state index in [1.807, 2.05) is 36.7 Å². The number of pyridine rings is 2. The highest BCUT2D eigenvalue weighted by molar-refractivity contribution is 6.02. The number of nitrogens with one attached hydrogen (secondary N) is 1. The Kier molecular flexibility index (Phi) is 5.55. The average molecular weight is 479 g/mol. The van der Waals surface area contributed by atoms with Crippen molar-refractivity contribution in [3.05, 3.63) is 84.1 Å². The van der Waals surface area contributed by atoms with Crippen molar-refractivity contribution in [1.29, 1.82) is 0 Å². The Morgan fingerprint density at radius 1 is 1.06 bits per heavy atom. The van der Waals surface area contributed by atoms with E-state index in [2.05, 4.69) is 39.6 Å². The van der Waals surface area contributed by atoms with Gasteiger partial charge in [-0.1, -0.05) is 18.2 Å². The Labute approximate surface area is 209 Å². The SMILES string of the molecule is CNC(=O)C1CCC(C2=C3C=NC=C[N+]3(N)C(c3ccc4ccc(-c5ccccn5)nc4c3)=N2)CC1. The van der Waals surface area contributed by atoms with E-state index in [1.54, 1.807) is 19.4 Å². The molecule has 0 bridgehead atoms. The van der Waals surface area contributed by atoms with Crippen LogP contribution in [0.3, 0.4) is 0 Å². The monoisotopic (exact) mass is 478 g/mol. The molecule has 6 rings (SSSR count). The lowest BCUT2D eigenvalue weighted by atomic mass is 9.79. The molecule has 1 aromatic carbocycles. The second-order valence-electron chi connectivity index (χ2n) is 9.54. The van der Waals surface area contributed by atoms with Crippen LogP contribution >= 0.6 is 0 Å². The molecule has 0 radical (unpaired) electrons. The van der Waals surface area contributed by atoms with Crippen molar-refractivity contribution in [3.63, 3.8) is 0 Å². The van der Waals surface area contributed by atoms with E-state index in [0.717, 1.165) is 70.8 Å². The summed E-state index contributed by atoms with van der Waals surface area (Å²) in [7, 11) is 1.70. The van der Waals surface area contributed by atoms with Crippen molar-refractivity contribution < 1.29 is 9.39 Å². The summed E-state index contributed by atoms with van der Waals surface area (Å²) in [6.45, 7) is 0. The number of aromatic nitrogens is 2. The van der Waals surface area contributed by atoms with Gasteiger partial charge in [-0.15, -0.1) is 4.59 Å². The van der Waals surface area contributed by atoms with Crippen molar-refractivity contribution >= 4 is 28.9 Å². The maximum Gasteiger partial charge on any atom is 0.264 e. The number of nitrogens with zero attached hydrogens (tertiary/aromatic N) is 5. The molecule has 180 valence electrons. The molecule has 1 amide bonds. The number of hydrogen-bond acceptors (Lipinski definition) is 6. The van der Waals surface area contributed by atoms with Crippen molar-refractivity contribution in [2.75, 3.05) is 7.05 Å². The van der Waals surface area contributed by atoms with Crippen LogP contribution in [0.1, 0.15) is 31.2 Å². The van der Waals surface area contributed by atoms with Crippen LogP contribution in [0.15, 0.2) is 88.5 Å². The lowest BCUT2D eigenvalue weighted by molar-refractivity contribution is -0.750. The molecule has 2 aromatic heterocycles. The average Bonchev–Trinajstić information content (AvgIpc) is 3.25. The summed E-state index contributed by atoms with van der Waals surface area (Å²) in [6.07, 6.45) is 10.7. The van der Waals surface area contributed by atoms with Gasteiger partial charge < -0.3 is 5.32 Å². The number of fused-ring (bicyclic) bond motifs is 2. The maximum absolute atomic E-state index is 12.1. The van der Waals surface area contributed by atoms with Crippen LogP contribution in [-0.4, -0.2) is 39.6 Å². The Morgan fingerprint density at radius 2 is 1.89 bits per heavy atom. The predicted octanol–water partition coefficient (Wildman–Crippen LogP) is 4.07. The molecule has 1 fully saturated rings. The fourth-order valence-corrected chi connectivity index (χ4v) is 5.45. The lowest BCUT2D eigenvalue weighted by Gasteiger charge is -2.28. The third kappa shape index (κ3) is 3.75. The molecule has 8 heteroatoms. The summed E-state index contributed by atoms with van der Waals surface area (Å²) >= 11 is 0. The first kappa shape index (κ1) is 22.5. The minimum absolute atomic E-state index is 0.0142. The summed E-state index contributed by atoms with van der Waals surface area (Å²) in [6, 6.07) is 16.0. The normalized spacial score (nSPS) is 25.1. The molecule has 1 aliphatic carbocycles. The number of rotatable bonds is 4. The highest BCUT2D eigenvalue weighted by Crippen LogP contribution is 2.41. The molecule has 4 heterocycles. The van der Waals surface area contributed by atoms with Crippen LogP contribution < -0.4 is 11.2 Å². The molecule has 8 nitrogen and oxygen atoms in total. The Balaban J connectivity index is 1.37. The van der Waals surface area contributed by atoms with Crippen molar-refractivity contribution in [3.8, 4) is 11.4 Å². The quantitative estimate of drug-likeness (QED) is 0.436. The third-order valence-electron chi connectivity index (χ3n) is 7.43. The number of carbonyl (C=O) groups is 1. The molecule has 1 unspecified atom stereocenters. The molecule has 3 N–H and O–H groups in total. The van der Waals surface area contributed by atoms with Gasteiger partial charge in [-0.05, 0) is 56.0 Å². The van der Waals surface area contributed by atoms with Crippen LogP contribution in [-0.2, 0) is 4.79 Å². The van der Waals surface area contributed by atoms with Gasteiger partial charge >= 0.3 is 0 Å². The highest BCUT2D eigenvalue weighted by Gasteiger charge is 2.46. The van der Waals surface area contributed by atoms with Gasteiger partial charge in [0, 0.05) is 30.5 Å². The molecule has 1 saturated carbocycles. The van der Waals surface area contributed by atoms with Gasteiger partial charge in [0.2, 0.25) is 11.6 Å². The minimum Gasteiger partial charge on any atom is -0.359 e. The first-order valence-electron chi connectivity index (χ1n) is 12.3. The Bertz CT molecular complexity index is 1470. The largest absolute Gasteiger partial charge is 0.359 e. The number of allylic oxidation sites excluding steroid dienone is 2. The van der Waals surface area contributed by atoms with Gasteiger partial charge in [-0.25, -0.2) is 4.98 Å². The number of benzene rings is 1. The van der Waals surface area contributed by atoms with Gasteiger partial charge in [0.15, 0.2) is 0 Å². The van der Waals surface area contributed by atoms with Gasteiger partial charge in [-0.3, -0.25) is 14.8 Å². The highest BCUT2D eigenvalue weighted by atomic mass is 16.1. The van der Waals surface area contributed by atoms with Crippen molar-refractivity contribution in [2.24, 2.45) is 27.7 Å². The number of amidine groups is 1. The number of aliphatic imine (C=N–C) groups is 2. The second kappa shape index (κ2) is 8.89. The van der Waals surface area contributed by atoms with E-state index in [0.29, 0.717) is 0 Å². The first-order valence-corrected chi connectivity index (χ1v) is 12.3. The van der Waals surface area contributed by atoms with Crippen LogP contribution in [0, 0.1) is 11.8 Å². The van der Waals surface area contributed by atoms with Crippen LogP contribution in [0.25, 0.3) is 22.3 Å². The Morgan fingerprint density at radius 3 is 2.67 bits per heavy atom. The standard InChI is InChI=1S/C28H27N7O/c1-30-28(36)20-8-6-19(7-9-20)26-25-17-31-14-15-35(25,29)27(34-26)21-10-5-18-11-12-23(33-24(18)16-21)22-4-2-3-13-32-22/h2-5,10-17,19-20H,6-9,29H2,1H3/p+1. The predicted molar refractivity (Wildman–Crippen MR) is 140 cm³/mol. The molecular weight excluding hydrogens is 450 g/mol. The van der Waals surface area contributed by atoms with Gasteiger partial charge in [0.25, 0.3) is 5.84 Å².